The number of halogens is 1. The fraction of sp³-hybridized carbons (Fsp3) is 0.333. The molecule has 0 radical (unpaired) electrons. The molecule has 0 atom stereocenters. The number of amides is 2. The van der Waals surface area contributed by atoms with Crippen LogP contribution >= 0.6 is 0 Å². The maximum absolute atomic E-state index is 12.6. The van der Waals surface area contributed by atoms with Crippen LogP contribution in [0.2, 0.25) is 0 Å². The number of carbonyl (C=O) groups is 2. The van der Waals surface area contributed by atoms with Gasteiger partial charge in [-0.3, -0.25) is 9.59 Å². The van der Waals surface area contributed by atoms with Gasteiger partial charge < -0.3 is 16.4 Å². The summed E-state index contributed by atoms with van der Waals surface area (Å²) in [6, 6.07) is 5.38. The van der Waals surface area contributed by atoms with E-state index in [-0.39, 0.29) is 24.2 Å². The molecule has 1 aliphatic rings. The molecule has 0 bridgehead atoms. The minimum atomic E-state index is -0.782. The van der Waals surface area contributed by atoms with Gasteiger partial charge in [0.15, 0.2) is 0 Å². The maximum atomic E-state index is 12.6. The lowest BCUT2D eigenvalue weighted by Gasteiger charge is -2.10. The van der Waals surface area contributed by atoms with E-state index in [1.165, 1.54) is 24.3 Å². The van der Waals surface area contributed by atoms with E-state index < -0.39 is 5.54 Å². The molecule has 4 N–H and O–H groups in total. The quantitative estimate of drug-likeness (QED) is 0.723. The van der Waals surface area contributed by atoms with Crippen LogP contribution in [0.15, 0.2) is 24.3 Å². The highest BCUT2D eigenvalue weighted by molar-refractivity contribution is 5.96. The second kappa shape index (κ2) is 4.73. The molecular weight excluding hydrogens is 237 g/mol. The standard InChI is InChI=1S/C12H14FN3O2/c13-8-1-3-9(4-2-8)16-10(17)7-15-11(18)12(14)5-6-12/h1-4H,5-7,14H2,(H,15,18)(H,16,17). The summed E-state index contributed by atoms with van der Waals surface area (Å²) in [7, 11) is 0. The molecule has 0 spiro atoms. The first-order valence-electron chi connectivity index (χ1n) is 5.62. The Bertz CT molecular complexity index is 469. The van der Waals surface area contributed by atoms with Crippen LogP contribution in [0.1, 0.15) is 12.8 Å². The minimum absolute atomic E-state index is 0.144. The predicted octanol–water partition coefficient (Wildman–Crippen LogP) is 0.372. The molecule has 1 aromatic rings. The first kappa shape index (κ1) is 12.5. The van der Waals surface area contributed by atoms with Crippen LogP contribution in [-0.4, -0.2) is 23.9 Å². The van der Waals surface area contributed by atoms with Crippen molar-refractivity contribution in [2.75, 3.05) is 11.9 Å². The van der Waals surface area contributed by atoms with Gasteiger partial charge in [-0.1, -0.05) is 0 Å². The van der Waals surface area contributed by atoms with E-state index in [1.807, 2.05) is 0 Å². The molecule has 2 rings (SSSR count). The van der Waals surface area contributed by atoms with Gasteiger partial charge in [-0.15, -0.1) is 0 Å². The Morgan fingerprint density at radius 3 is 2.44 bits per heavy atom. The Kier molecular flexibility index (Phi) is 3.29. The van der Waals surface area contributed by atoms with Gasteiger partial charge >= 0.3 is 0 Å². The van der Waals surface area contributed by atoms with Gasteiger partial charge in [0, 0.05) is 5.69 Å². The molecule has 18 heavy (non-hydrogen) atoms. The third-order valence-corrected chi connectivity index (χ3v) is 2.78. The lowest BCUT2D eigenvalue weighted by Crippen LogP contribution is -2.45. The van der Waals surface area contributed by atoms with Crippen molar-refractivity contribution in [2.24, 2.45) is 5.73 Å². The summed E-state index contributed by atoms with van der Waals surface area (Å²) >= 11 is 0. The molecule has 2 amide bonds. The monoisotopic (exact) mass is 251 g/mol. The van der Waals surface area contributed by atoms with Gasteiger partial charge in [-0.2, -0.15) is 0 Å². The summed E-state index contributed by atoms with van der Waals surface area (Å²) in [5, 5.41) is 5.00. The first-order chi connectivity index (χ1) is 8.49. The summed E-state index contributed by atoms with van der Waals surface area (Å²) in [4.78, 5) is 23.0. The number of carbonyl (C=O) groups excluding carboxylic acids is 2. The van der Waals surface area contributed by atoms with E-state index in [0.717, 1.165) is 0 Å². The Labute approximate surface area is 104 Å². The van der Waals surface area contributed by atoms with Gasteiger partial charge in [0.25, 0.3) is 0 Å². The molecule has 1 fully saturated rings. The largest absolute Gasteiger partial charge is 0.345 e. The van der Waals surface area contributed by atoms with E-state index in [4.69, 9.17) is 5.73 Å². The SMILES string of the molecule is NC1(C(=O)NCC(=O)Nc2ccc(F)cc2)CC1. The number of nitrogens with one attached hydrogen (secondary N) is 2. The fourth-order valence-corrected chi connectivity index (χ4v) is 1.44. The van der Waals surface area contributed by atoms with Gasteiger partial charge in [-0.05, 0) is 37.1 Å². The van der Waals surface area contributed by atoms with Gasteiger partial charge in [0.05, 0.1) is 12.1 Å². The molecule has 0 aromatic heterocycles. The third-order valence-electron chi connectivity index (χ3n) is 2.78. The molecule has 1 aromatic carbocycles. The topological polar surface area (TPSA) is 84.2 Å². The molecule has 5 nitrogen and oxygen atoms in total. The van der Waals surface area contributed by atoms with Crippen LogP contribution < -0.4 is 16.4 Å². The number of hydrogen-bond acceptors (Lipinski definition) is 3. The van der Waals surface area contributed by atoms with Crippen LogP contribution in [0.4, 0.5) is 10.1 Å². The fourth-order valence-electron chi connectivity index (χ4n) is 1.44. The molecule has 0 aliphatic heterocycles. The number of hydrogen-bond donors (Lipinski definition) is 3. The van der Waals surface area contributed by atoms with Crippen molar-refractivity contribution in [3.63, 3.8) is 0 Å². The Morgan fingerprint density at radius 2 is 1.89 bits per heavy atom. The highest BCUT2D eigenvalue weighted by Crippen LogP contribution is 2.31. The summed E-state index contributed by atoms with van der Waals surface area (Å²) in [6.45, 7) is -0.144. The first-order valence-corrected chi connectivity index (χ1v) is 5.62. The molecule has 1 aliphatic carbocycles. The smallest absolute Gasteiger partial charge is 0.243 e. The second-order valence-electron chi connectivity index (χ2n) is 4.39. The summed E-state index contributed by atoms with van der Waals surface area (Å²) in [5.74, 6) is -1.06. The summed E-state index contributed by atoms with van der Waals surface area (Å²) < 4.78 is 12.6. The lowest BCUT2D eigenvalue weighted by atomic mass is 10.2. The van der Waals surface area contributed by atoms with Crippen molar-refractivity contribution in [1.29, 1.82) is 0 Å². The van der Waals surface area contributed by atoms with Gasteiger partial charge in [0.1, 0.15) is 5.82 Å². The normalized spacial score (nSPS) is 15.9. The van der Waals surface area contributed by atoms with Crippen molar-refractivity contribution in [2.45, 2.75) is 18.4 Å². The van der Waals surface area contributed by atoms with E-state index in [1.54, 1.807) is 0 Å². The predicted molar refractivity (Wildman–Crippen MR) is 64.2 cm³/mol. The zero-order valence-corrected chi connectivity index (χ0v) is 9.70. The molecule has 1 saturated carbocycles. The zero-order chi connectivity index (χ0) is 13.2. The second-order valence-corrected chi connectivity index (χ2v) is 4.39. The highest BCUT2D eigenvalue weighted by atomic mass is 19.1. The maximum Gasteiger partial charge on any atom is 0.243 e. The van der Waals surface area contributed by atoms with Gasteiger partial charge in [-0.25, -0.2) is 4.39 Å². The molecule has 0 saturated heterocycles. The van der Waals surface area contributed by atoms with E-state index in [0.29, 0.717) is 18.5 Å². The Morgan fingerprint density at radius 1 is 1.28 bits per heavy atom. The van der Waals surface area contributed by atoms with Crippen LogP contribution in [0.25, 0.3) is 0 Å². The average molecular weight is 251 g/mol. The van der Waals surface area contributed by atoms with E-state index in [2.05, 4.69) is 10.6 Å². The van der Waals surface area contributed by atoms with E-state index in [9.17, 15) is 14.0 Å². The van der Waals surface area contributed by atoms with Crippen LogP contribution in [0, 0.1) is 5.82 Å². The zero-order valence-electron chi connectivity index (χ0n) is 9.70. The molecule has 0 unspecified atom stereocenters. The van der Waals surface area contributed by atoms with Crippen molar-refractivity contribution in [3.05, 3.63) is 30.1 Å². The number of rotatable bonds is 4. The Balaban J connectivity index is 1.78. The summed E-state index contributed by atoms with van der Waals surface area (Å²) in [5.41, 5.74) is 5.35. The molecule has 6 heteroatoms. The van der Waals surface area contributed by atoms with Crippen molar-refractivity contribution in [1.82, 2.24) is 5.32 Å². The van der Waals surface area contributed by atoms with Gasteiger partial charge in [0.2, 0.25) is 11.8 Å². The number of nitrogens with two attached hydrogens (primary N) is 1. The number of anilines is 1. The molecular formula is C12H14FN3O2. The van der Waals surface area contributed by atoms with E-state index >= 15 is 0 Å². The third kappa shape index (κ3) is 3.04. The van der Waals surface area contributed by atoms with Crippen LogP contribution in [0.5, 0.6) is 0 Å². The lowest BCUT2D eigenvalue weighted by molar-refractivity contribution is -0.125. The Hall–Kier alpha value is -1.95. The van der Waals surface area contributed by atoms with Crippen LogP contribution in [-0.2, 0) is 9.59 Å². The van der Waals surface area contributed by atoms with Crippen molar-refractivity contribution >= 4 is 17.5 Å². The minimum Gasteiger partial charge on any atom is -0.345 e. The van der Waals surface area contributed by atoms with Crippen molar-refractivity contribution < 1.29 is 14.0 Å². The molecule has 0 heterocycles. The van der Waals surface area contributed by atoms with Crippen LogP contribution in [0.3, 0.4) is 0 Å². The highest BCUT2D eigenvalue weighted by Gasteiger charge is 2.45. The van der Waals surface area contributed by atoms with Crippen molar-refractivity contribution in [3.8, 4) is 0 Å². The average Bonchev–Trinajstić information content (AvgIpc) is 3.09. The summed E-state index contributed by atoms with van der Waals surface area (Å²) in [6.07, 6.45) is 1.30. The molecule has 96 valence electrons. The number of benzene rings is 1.